The molecule has 0 aliphatic rings. The maximum absolute atomic E-state index is 12.9. The highest BCUT2D eigenvalue weighted by Crippen LogP contribution is 2.28. The number of rotatable bonds is 8. The van der Waals surface area contributed by atoms with Crippen LogP contribution in [-0.2, 0) is 17.8 Å². The van der Waals surface area contributed by atoms with Crippen LogP contribution in [0.25, 0.3) is 11.3 Å². The summed E-state index contributed by atoms with van der Waals surface area (Å²) in [6, 6.07) is 16.6. The number of aromatic nitrogens is 2. The summed E-state index contributed by atoms with van der Waals surface area (Å²) < 4.78 is 6.25. The van der Waals surface area contributed by atoms with Crippen LogP contribution in [0.2, 0.25) is 5.15 Å². The number of nitrogens with one attached hydrogen (secondary N) is 1. The Labute approximate surface area is 172 Å². The predicted molar refractivity (Wildman–Crippen MR) is 112 cm³/mol. The highest BCUT2D eigenvalue weighted by atomic mass is 35.5. The van der Waals surface area contributed by atoms with Gasteiger partial charge in [-0.2, -0.15) is 0 Å². The lowest BCUT2D eigenvalue weighted by Crippen LogP contribution is -2.30. The molecule has 0 bridgehead atoms. The molecule has 0 radical (unpaired) electrons. The van der Waals surface area contributed by atoms with Gasteiger partial charge in [-0.3, -0.25) is 14.2 Å². The van der Waals surface area contributed by atoms with Crippen molar-refractivity contribution in [3.8, 4) is 17.0 Å². The second-order valence-electron chi connectivity index (χ2n) is 6.28. The van der Waals surface area contributed by atoms with E-state index in [-0.39, 0.29) is 16.7 Å². The molecule has 150 valence electrons. The monoisotopic (exact) mass is 413 g/mol. The highest BCUT2D eigenvalue weighted by Gasteiger charge is 2.19. The number of anilines is 1. The largest absolute Gasteiger partial charge is 0.497 e. The van der Waals surface area contributed by atoms with Crippen molar-refractivity contribution in [2.24, 2.45) is 0 Å². The van der Waals surface area contributed by atoms with E-state index in [1.54, 1.807) is 31.4 Å². The maximum atomic E-state index is 12.9. The number of ether oxygens (including phenoxy) is 1. The van der Waals surface area contributed by atoms with Crippen molar-refractivity contribution in [1.29, 1.82) is 0 Å². The van der Waals surface area contributed by atoms with Gasteiger partial charge < -0.3 is 15.2 Å². The molecule has 0 aliphatic heterocycles. The normalized spacial score (nSPS) is 10.6. The van der Waals surface area contributed by atoms with E-state index in [9.17, 15) is 14.7 Å². The summed E-state index contributed by atoms with van der Waals surface area (Å²) in [7, 11) is 1.54. The minimum atomic E-state index is -1.15. The lowest BCUT2D eigenvalue weighted by atomic mass is 10.1. The third kappa shape index (κ3) is 4.94. The van der Waals surface area contributed by atoms with Crippen molar-refractivity contribution in [2.75, 3.05) is 19.0 Å². The first kappa shape index (κ1) is 20.4. The van der Waals surface area contributed by atoms with Crippen molar-refractivity contribution < 1.29 is 14.6 Å². The first-order chi connectivity index (χ1) is 14.0. The number of carboxylic acid groups (broad SMARTS) is 1. The summed E-state index contributed by atoms with van der Waals surface area (Å²) >= 11 is 6.36. The molecule has 7 nitrogen and oxygen atoms in total. The topological polar surface area (TPSA) is 93.5 Å². The van der Waals surface area contributed by atoms with Gasteiger partial charge in [-0.25, -0.2) is 4.98 Å². The van der Waals surface area contributed by atoms with E-state index in [0.717, 1.165) is 10.1 Å². The molecule has 3 aromatic rings. The Bertz CT molecular complexity index is 1050. The van der Waals surface area contributed by atoms with Gasteiger partial charge in [0.1, 0.15) is 12.3 Å². The van der Waals surface area contributed by atoms with Crippen LogP contribution in [0.3, 0.4) is 0 Å². The van der Waals surface area contributed by atoms with Crippen LogP contribution < -0.4 is 15.6 Å². The summed E-state index contributed by atoms with van der Waals surface area (Å²) in [4.78, 5) is 28.5. The summed E-state index contributed by atoms with van der Waals surface area (Å²) in [6.07, 6.45) is 0.679. The van der Waals surface area contributed by atoms with E-state index < -0.39 is 18.1 Å². The zero-order valence-corrected chi connectivity index (χ0v) is 16.5. The van der Waals surface area contributed by atoms with Gasteiger partial charge in [-0.05, 0) is 36.2 Å². The molecule has 0 saturated carbocycles. The highest BCUT2D eigenvalue weighted by molar-refractivity contribution is 6.32. The molecule has 0 atom stereocenters. The second kappa shape index (κ2) is 9.25. The zero-order valence-electron chi connectivity index (χ0n) is 15.8. The summed E-state index contributed by atoms with van der Waals surface area (Å²) in [5.74, 6) is -0.507. The van der Waals surface area contributed by atoms with Crippen LogP contribution >= 0.6 is 11.6 Å². The summed E-state index contributed by atoms with van der Waals surface area (Å²) in [5.41, 5.74) is 1.37. The lowest BCUT2D eigenvalue weighted by Gasteiger charge is -2.15. The molecule has 3 rings (SSSR count). The van der Waals surface area contributed by atoms with Gasteiger partial charge in [-0.1, -0.05) is 41.9 Å². The Balaban J connectivity index is 1.94. The van der Waals surface area contributed by atoms with Gasteiger partial charge in [0, 0.05) is 12.1 Å². The molecule has 2 N–H and O–H groups in total. The maximum Gasteiger partial charge on any atom is 0.323 e. The average molecular weight is 414 g/mol. The molecule has 1 aromatic heterocycles. The number of nitrogens with zero attached hydrogens (tertiary/aromatic N) is 2. The number of carboxylic acids is 1. The smallest absolute Gasteiger partial charge is 0.323 e. The minimum Gasteiger partial charge on any atom is -0.497 e. The van der Waals surface area contributed by atoms with Gasteiger partial charge in [0.25, 0.3) is 5.56 Å². The Morgan fingerprint density at radius 2 is 1.86 bits per heavy atom. The fourth-order valence-corrected chi connectivity index (χ4v) is 3.23. The minimum absolute atomic E-state index is 0.0180. The first-order valence-electron chi connectivity index (χ1n) is 8.94. The molecule has 0 unspecified atom stereocenters. The van der Waals surface area contributed by atoms with Gasteiger partial charge >= 0.3 is 5.97 Å². The van der Waals surface area contributed by atoms with Gasteiger partial charge in [0.2, 0.25) is 0 Å². The molecule has 0 fully saturated rings. The first-order valence-corrected chi connectivity index (χ1v) is 9.31. The lowest BCUT2D eigenvalue weighted by molar-refractivity contribution is -0.137. The van der Waals surface area contributed by atoms with Crippen LogP contribution in [0.15, 0.2) is 59.4 Å². The van der Waals surface area contributed by atoms with Crippen molar-refractivity contribution in [3.63, 3.8) is 0 Å². The third-order valence-electron chi connectivity index (χ3n) is 4.33. The van der Waals surface area contributed by atoms with E-state index in [0.29, 0.717) is 24.3 Å². The number of hydrogen-bond acceptors (Lipinski definition) is 5. The number of carbonyl (C=O) groups is 1. The number of aliphatic carboxylic acids is 1. The molecule has 0 amide bonds. The van der Waals surface area contributed by atoms with Crippen molar-refractivity contribution in [2.45, 2.75) is 13.0 Å². The zero-order chi connectivity index (χ0) is 20.8. The fourth-order valence-electron chi connectivity index (χ4n) is 2.93. The Hall–Kier alpha value is -3.32. The van der Waals surface area contributed by atoms with E-state index in [1.165, 1.54) is 0 Å². The quantitative estimate of drug-likeness (QED) is 0.588. The average Bonchev–Trinajstić information content (AvgIpc) is 2.72. The molecule has 0 spiro atoms. The molecule has 2 aromatic carbocycles. The Morgan fingerprint density at radius 1 is 1.17 bits per heavy atom. The van der Waals surface area contributed by atoms with Gasteiger partial charge in [0.15, 0.2) is 11.0 Å². The third-order valence-corrected chi connectivity index (χ3v) is 4.59. The number of hydrogen-bond donors (Lipinski definition) is 2. The number of halogens is 1. The van der Waals surface area contributed by atoms with Crippen LogP contribution in [-0.4, -0.2) is 34.3 Å². The fraction of sp³-hybridized carbons (Fsp3) is 0.190. The molecule has 8 heteroatoms. The Morgan fingerprint density at radius 3 is 2.48 bits per heavy atom. The van der Waals surface area contributed by atoms with E-state index in [2.05, 4.69) is 10.3 Å². The molecular formula is C21H20ClN3O4. The number of benzene rings is 2. The molecule has 0 saturated heterocycles. The van der Waals surface area contributed by atoms with Crippen LogP contribution in [0.1, 0.15) is 5.56 Å². The molecule has 29 heavy (non-hydrogen) atoms. The van der Waals surface area contributed by atoms with Crippen molar-refractivity contribution in [3.05, 3.63) is 75.7 Å². The van der Waals surface area contributed by atoms with Crippen molar-refractivity contribution in [1.82, 2.24) is 9.55 Å². The SMILES string of the molecule is COc1ccc(-c2c(Cl)nc(NCCc3ccccc3)c(=O)n2CC(=O)O)cc1. The number of methoxy groups -OCH3 is 1. The molecule has 1 heterocycles. The predicted octanol–water partition coefficient (Wildman–Crippen LogP) is 3.31. The molecule has 0 aliphatic carbocycles. The van der Waals surface area contributed by atoms with Gasteiger partial charge in [-0.15, -0.1) is 0 Å². The van der Waals surface area contributed by atoms with Crippen LogP contribution in [0, 0.1) is 0 Å². The summed E-state index contributed by atoms with van der Waals surface area (Å²) in [5, 5.41) is 12.3. The van der Waals surface area contributed by atoms with Crippen LogP contribution in [0.5, 0.6) is 5.75 Å². The van der Waals surface area contributed by atoms with Crippen molar-refractivity contribution >= 4 is 23.4 Å². The Kier molecular flexibility index (Phi) is 6.51. The standard InChI is InChI=1S/C21H20ClN3O4/c1-29-16-9-7-15(8-10-16)18-19(22)24-20(21(28)25(18)13-17(26)27)23-12-11-14-5-3-2-4-6-14/h2-10H,11-13H2,1H3,(H,23,24)(H,26,27). The van der Waals surface area contributed by atoms with Gasteiger partial charge in [0.05, 0.1) is 12.8 Å². The summed E-state index contributed by atoms with van der Waals surface area (Å²) in [6.45, 7) is -0.0761. The second-order valence-corrected chi connectivity index (χ2v) is 6.63. The van der Waals surface area contributed by atoms with E-state index >= 15 is 0 Å². The molecular weight excluding hydrogens is 394 g/mol. The van der Waals surface area contributed by atoms with Crippen LogP contribution in [0.4, 0.5) is 5.82 Å². The van der Waals surface area contributed by atoms with E-state index in [1.807, 2.05) is 30.3 Å². The van der Waals surface area contributed by atoms with E-state index in [4.69, 9.17) is 16.3 Å².